The molecule has 0 spiro atoms. The van der Waals surface area contributed by atoms with E-state index in [1.807, 2.05) is 0 Å². The third-order valence-corrected chi connectivity index (χ3v) is 2.10. The number of aldehydes is 1. The number of nitrogens with zero attached hydrogens (tertiary/aromatic N) is 1. The summed E-state index contributed by atoms with van der Waals surface area (Å²) in [7, 11) is 0. The van der Waals surface area contributed by atoms with Crippen molar-refractivity contribution in [3.63, 3.8) is 0 Å². The van der Waals surface area contributed by atoms with Crippen LogP contribution in [0.1, 0.15) is 33.6 Å². The molecular formula is C9H7F5N2O. The monoisotopic (exact) mass is 254 g/mol. The molecule has 0 unspecified atom stereocenters. The maximum atomic E-state index is 12.6. The molecule has 3 nitrogen and oxygen atoms in total. The molecule has 0 saturated carbocycles. The maximum absolute atomic E-state index is 12.6. The second kappa shape index (κ2) is 4.74. The van der Waals surface area contributed by atoms with E-state index in [0.717, 1.165) is 0 Å². The molecule has 0 amide bonds. The third-order valence-electron chi connectivity index (χ3n) is 2.10. The van der Waals surface area contributed by atoms with Gasteiger partial charge in [0, 0.05) is 12.7 Å². The fourth-order valence-electron chi connectivity index (χ4n) is 1.38. The normalized spacial score (nSPS) is 11.9. The summed E-state index contributed by atoms with van der Waals surface area (Å²) in [5.41, 5.74) is 1.10. The molecule has 0 aliphatic heterocycles. The Hall–Kier alpha value is -1.57. The average molecular weight is 254 g/mol. The first-order valence-electron chi connectivity index (χ1n) is 4.35. The fraction of sp³-hybridized carbons (Fsp3) is 0.333. The van der Waals surface area contributed by atoms with Gasteiger partial charge in [0.2, 0.25) is 0 Å². The van der Waals surface area contributed by atoms with Crippen LogP contribution in [-0.2, 0) is 12.7 Å². The smallest absolute Gasteiger partial charge is 0.326 e. The summed E-state index contributed by atoms with van der Waals surface area (Å²) in [6.07, 6.45) is -7.78. The predicted octanol–water partition coefficient (Wildman–Crippen LogP) is 2.31. The van der Waals surface area contributed by atoms with Gasteiger partial charge in [-0.3, -0.25) is 9.78 Å². The van der Waals surface area contributed by atoms with Crippen molar-refractivity contribution in [1.29, 1.82) is 0 Å². The third kappa shape index (κ3) is 2.57. The van der Waals surface area contributed by atoms with Gasteiger partial charge in [-0.05, 0) is 5.56 Å². The van der Waals surface area contributed by atoms with E-state index in [9.17, 15) is 26.7 Å². The van der Waals surface area contributed by atoms with Crippen LogP contribution in [0.15, 0.2) is 6.20 Å². The standard InChI is InChI=1S/C9H7F5N2O/c10-8(11)7-4(1-15)5(9(12,13)14)2-16-6(7)3-17/h2-3,8H,1,15H2. The van der Waals surface area contributed by atoms with Crippen LogP contribution in [0.3, 0.4) is 0 Å². The van der Waals surface area contributed by atoms with Gasteiger partial charge in [0.05, 0.1) is 11.1 Å². The molecule has 94 valence electrons. The van der Waals surface area contributed by atoms with E-state index in [-0.39, 0.29) is 6.29 Å². The number of nitrogens with two attached hydrogens (primary N) is 1. The number of rotatable bonds is 3. The van der Waals surface area contributed by atoms with Crippen molar-refractivity contribution in [3.05, 3.63) is 28.6 Å². The van der Waals surface area contributed by atoms with Crippen molar-refractivity contribution >= 4 is 6.29 Å². The number of carbonyl (C=O) groups excluding carboxylic acids is 1. The van der Waals surface area contributed by atoms with Crippen LogP contribution in [-0.4, -0.2) is 11.3 Å². The van der Waals surface area contributed by atoms with Crippen molar-refractivity contribution < 1.29 is 26.7 Å². The number of hydrogen-bond acceptors (Lipinski definition) is 3. The molecule has 0 aromatic carbocycles. The van der Waals surface area contributed by atoms with Crippen molar-refractivity contribution in [2.24, 2.45) is 5.73 Å². The number of halogens is 5. The molecule has 0 atom stereocenters. The van der Waals surface area contributed by atoms with Crippen molar-refractivity contribution in [1.82, 2.24) is 4.98 Å². The topological polar surface area (TPSA) is 56.0 Å². The molecule has 1 heterocycles. The lowest BCUT2D eigenvalue weighted by molar-refractivity contribution is -0.138. The minimum Gasteiger partial charge on any atom is -0.326 e. The Morgan fingerprint density at radius 2 is 2.00 bits per heavy atom. The first kappa shape index (κ1) is 13.5. The highest BCUT2D eigenvalue weighted by Gasteiger charge is 2.36. The number of carbonyl (C=O) groups is 1. The Bertz CT molecular complexity index is 430. The van der Waals surface area contributed by atoms with Crippen LogP contribution >= 0.6 is 0 Å². The van der Waals surface area contributed by atoms with Crippen LogP contribution in [0.25, 0.3) is 0 Å². The van der Waals surface area contributed by atoms with Gasteiger partial charge < -0.3 is 5.73 Å². The second-order valence-corrected chi connectivity index (χ2v) is 3.07. The largest absolute Gasteiger partial charge is 0.418 e. The first-order valence-corrected chi connectivity index (χ1v) is 4.35. The average Bonchev–Trinajstić information content (AvgIpc) is 2.25. The predicted molar refractivity (Wildman–Crippen MR) is 47.5 cm³/mol. The molecule has 0 saturated heterocycles. The zero-order chi connectivity index (χ0) is 13.2. The van der Waals surface area contributed by atoms with Gasteiger partial charge in [0.1, 0.15) is 5.69 Å². The molecule has 0 aliphatic carbocycles. The minimum absolute atomic E-state index is 0.0270. The minimum atomic E-state index is -4.84. The first-order chi connectivity index (χ1) is 7.82. The molecule has 1 rings (SSSR count). The highest BCUT2D eigenvalue weighted by molar-refractivity contribution is 5.75. The van der Waals surface area contributed by atoms with E-state index in [4.69, 9.17) is 5.73 Å². The zero-order valence-corrected chi connectivity index (χ0v) is 8.26. The number of aromatic nitrogens is 1. The molecule has 8 heteroatoms. The summed E-state index contributed by atoms with van der Waals surface area (Å²) in [6, 6.07) is 0. The molecule has 17 heavy (non-hydrogen) atoms. The second-order valence-electron chi connectivity index (χ2n) is 3.07. The van der Waals surface area contributed by atoms with Gasteiger partial charge in [-0.15, -0.1) is 0 Å². The lowest BCUT2D eigenvalue weighted by Crippen LogP contribution is -2.17. The molecule has 0 fully saturated rings. The number of hydrogen-bond donors (Lipinski definition) is 1. The summed E-state index contributed by atoms with van der Waals surface area (Å²) in [5, 5.41) is 0. The van der Waals surface area contributed by atoms with Crippen molar-refractivity contribution in [2.75, 3.05) is 0 Å². The fourth-order valence-corrected chi connectivity index (χ4v) is 1.38. The Morgan fingerprint density at radius 3 is 2.35 bits per heavy atom. The quantitative estimate of drug-likeness (QED) is 0.665. The summed E-state index contributed by atoms with van der Waals surface area (Å²) in [6.45, 7) is -0.752. The summed E-state index contributed by atoms with van der Waals surface area (Å²) in [5.74, 6) is 0. The molecular weight excluding hydrogens is 247 g/mol. The maximum Gasteiger partial charge on any atom is 0.418 e. The van der Waals surface area contributed by atoms with E-state index in [1.54, 1.807) is 0 Å². The summed E-state index contributed by atoms with van der Waals surface area (Å²) in [4.78, 5) is 13.5. The van der Waals surface area contributed by atoms with Gasteiger partial charge in [-0.25, -0.2) is 8.78 Å². The van der Waals surface area contributed by atoms with Crippen LogP contribution in [0.5, 0.6) is 0 Å². The number of pyridine rings is 1. The van der Waals surface area contributed by atoms with Gasteiger partial charge in [-0.2, -0.15) is 13.2 Å². The van der Waals surface area contributed by atoms with Gasteiger partial charge >= 0.3 is 6.18 Å². The summed E-state index contributed by atoms with van der Waals surface area (Å²) < 4.78 is 62.7. The summed E-state index contributed by atoms with van der Waals surface area (Å²) >= 11 is 0. The molecule has 1 aromatic heterocycles. The zero-order valence-electron chi connectivity index (χ0n) is 8.26. The van der Waals surface area contributed by atoms with E-state index >= 15 is 0 Å². The lowest BCUT2D eigenvalue weighted by atomic mass is 10.0. The van der Waals surface area contributed by atoms with Crippen LogP contribution in [0.2, 0.25) is 0 Å². The Morgan fingerprint density at radius 1 is 1.41 bits per heavy atom. The van der Waals surface area contributed by atoms with Crippen molar-refractivity contribution in [3.8, 4) is 0 Å². The van der Waals surface area contributed by atoms with Crippen LogP contribution in [0.4, 0.5) is 22.0 Å². The van der Waals surface area contributed by atoms with E-state index in [0.29, 0.717) is 6.20 Å². The molecule has 2 N–H and O–H groups in total. The highest BCUT2D eigenvalue weighted by atomic mass is 19.4. The molecule has 0 aliphatic rings. The highest BCUT2D eigenvalue weighted by Crippen LogP contribution is 2.36. The SMILES string of the molecule is NCc1c(C(F)(F)F)cnc(C=O)c1C(F)F. The van der Waals surface area contributed by atoms with E-state index < -0.39 is 41.5 Å². The molecule has 0 radical (unpaired) electrons. The number of alkyl halides is 5. The Labute approximate surface area is 92.4 Å². The van der Waals surface area contributed by atoms with Gasteiger partial charge in [0.25, 0.3) is 6.43 Å². The van der Waals surface area contributed by atoms with Gasteiger partial charge in [0.15, 0.2) is 6.29 Å². The van der Waals surface area contributed by atoms with Crippen molar-refractivity contribution in [2.45, 2.75) is 19.1 Å². The Balaban J connectivity index is 3.58. The molecule has 0 bridgehead atoms. The van der Waals surface area contributed by atoms with E-state index in [1.165, 1.54) is 0 Å². The van der Waals surface area contributed by atoms with Crippen LogP contribution in [0, 0.1) is 0 Å². The lowest BCUT2D eigenvalue weighted by Gasteiger charge is -2.16. The Kier molecular flexibility index (Phi) is 3.76. The van der Waals surface area contributed by atoms with E-state index in [2.05, 4.69) is 4.98 Å². The molecule has 1 aromatic rings. The van der Waals surface area contributed by atoms with Gasteiger partial charge in [-0.1, -0.05) is 0 Å². The van der Waals surface area contributed by atoms with Crippen LogP contribution < -0.4 is 5.73 Å².